The Kier molecular flexibility index (Phi) is 30.0. The van der Waals surface area contributed by atoms with Crippen LogP contribution >= 0.6 is 0 Å². The summed E-state index contributed by atoms with van der Waals surface area (Å²) in [6.07, 6.45) is 34.5. The Morgan fingerprint density at radius 2 is 0.824 bits per heavy atom. The molecule has 0 saturated heterocycles. The lowest BCUT2D eigenvalue weighted by molar-refractivity contribution is 0.536. The van der Waals surface area contributed by atoms with Gasteiger partial charge in [0.15, 0.2) is 0 Å². The van der Waals surface area contributed by atoms with Crippen LogP contribution in [0.5, 0.6) is 0 Å². The molecule has 0 spiro atoms. The van der Waals surface area contributed by atoms with E-state index in [1.165, 1.54) is 154 Å². The van der Waals surface area contributed by atoms with Crippen molar-refractivity contribution in [3.8, 4) is 0 Å². The molecule has 3 nitrogen and oxygen atoms in total. The number of nitrogens with two attached hydrogens (primary N) is 1. The van der Waals surface area contributed by atoms with E-state index in [1.807, 2.05) is 0 Å². The zero-order valence-corrected chi connectivity index (χ0v) is 23.8. The average Bonchev–Trinajstić information content (AvgIpc) is 2.84. The van der Waals surface area contributed by atoms with Gasteiger partial charge in [0.1, 0.15) is 0 Å². The van der Waals surface area contributed by atoms with Gasteiger partial charge in [0.25, 0.3) is 0 Å². The van der Waals surface area contributed by atoms with Gasteiger partial charge in [-0.05, 0) is 19.4 Å². The molecule has 0 amide bonds. The summed E-state index contributed by atoms with van der Waals surface area (Å²) >= 11 is 0. The molecular formula is C31H65N3. The SMILES string of the molecule is CCCCCCCCCCCCCC/N=C(\N)CCNCCCCCCCCCCCCCC. The van der Waals surface area contributed by atoms with E-state index in [4.69, 9.17) is 5.73 Å². The fraction of sp³-hybridized carbons (Fsp3) is 0.968. The molecule has 0 aromatic heterocycles. The molecule has 0 unspecified atom stereocenters. The number of amidine groups is 1. The second kappa shape index (κ2) is 30.5. The molecule has 3 heteroatoms. The van der Waals surface area contributed by atoms with E-state index in [0.717, 1.165) is 31.9 Å². The molecule has 0 bridgehead atoms. The van der Waals surface area contributed by atoms with Crippen molar-refractivity contribution < 1.29 is 0 Å². The molecule has 0 aliphatic heterocycles. The van der Waals surface area contributed by atoms with Crippen molar-refractivity contribution in [3.63, 3.8) is 0 Å². The fourth-order valence-electron chi connectivity index (χ4n) is 4.69. The van der Waals surface area contributed by atoms with Crippen LogP contribution in [0.25, 0.3) is 0 Å². The van der Waals surface area contributed by atoms with E-state index in [2.05, 4.69) is 24.2 Å². The minimum absolute atomic E-state index is 0.838. The van der Waals surface area contributed by atoms with Gasteiger partial charge in [0, 0.05) is 19.5 Å². The van der Waals surface area contributed by atoms with Crippen LogP contribution in [0.3, 0.4) is 0 Å². The molecule has 0 aliphatic carbocycles. The lowest BCUT2D eigenvalue weighted by Gasteiger charge is -2.06. The van der Waals surface area contributed by atoms with Crippen molar-refractivity contribution in [2.24, 2.45) is 10.7 Å². The third-order valence-electron chi connectivity index (χ3n) is 7.09. The summed E-state index contributed by atoms with van der Waals surface area (Å²) in [6, 6.07) is 0. The number of rotatable bonds is 29. The van der Waals surface area contributed by atoms with Gasteiger partial charge in [-0.3, -0.25) is 4.99 Å². The van der Waals surface area contributed by atoms with Crippen LogP contribution in [-0.2, 0) is 0 Å². The maximum Gasteiger partial charge on any atom is 0.0949 e. The first-order valence-electron chi connectivity index (χ1n) is 15.8. The maximum absolute atomic E-state index is 6.08. The lowest BCUT2D eigenvalue weighted by Crippen LogP contribution is -2.23. The smallest absolute Gasteiger partial charge is 0.0949 e. The summed E-state index contributed by atoms with van der Waals surface area (Å²) in [7, 11) is 0. The van der Waals surface area contributed by atoms with Gasteiger partial charge in [-0.2, -0.15) is 0 Å². The largest absolute Gasteiger partial charge is 0.387 e. The highest BCUT2D eigenvalue weighted by molar-refractivity contribution is 5.80. The predicted molar refractivity (Wildman–Crippen MR) is 156 cm³/mol. The second-order valence-electron chi connectivity index (χ2n) is 10.7. The minimum atomic E-state index is 0.838. The van der Waals surface area contributed by atoms with E-state index in [-0.39, 0.29) is 0 Å². The molecule has 0 heterocycles. The number of unbranched alkanes of at least 4 members (excludes halogenated alkanes) is 22. The molecular weight excluding hydrogens is 414 g/mol. The molecule has 0 radical (unpaired) electrons. The minimum Gasteiger partial charge on any atom is -0.387 e. The van der Waals surface area contributed by atoms with Crippen molar-refractivity contribution in [1.82, 2.24) is 5.32 Å². The monoisotopic (exact) mass is 480 g/mol. The van der Waals surface area contributed by atoms with Gasteiger partial charge >= 0.3 is 0 Å². The highest BCUT2D eigenvalue weighted by atomic mass is 14.9. The van der Waals surface area contributed by atoms with Crippen LogP contribution in [0.4, 0.5) is 0 Å². The summed E-state index contributed by atoms with van der Waals surface area (Å²) in [5.41, 5.74) is 6.08. The standard InChI is InChI=1S/C31H65N3/c1-3-5-7-9-11-13-15-17-19-21-23-25-28-33-30-27-31(32)34-29-26-24-22-20-18-16-14-12-10-8-6-4-2/h33H,3-30H2,1-2H3,(H2,32,34). The van der Waals surface area contributed by atoms with Crippen molar-refractivity contribution in [2.75, 3.05) is 19.6 Å². The maximum atomic E-state index is 6.08. The Morgan fingerprint density at radius 1 is 0.471 bits per heavy atom. The second-order valence-corrected chi connectivity index (χ2v) is 10.7. The van der Waals surface area contributed by atoms with E-state index >= 15 is 0 Å². The Labute approximate surface area is 215 Å². The van der Waals surface area contributed by atoms with Crippen molar-refractivity contribution in [2.45, 2.75) is 174 Å². The lowest BCUT2D eigenvalue weighted by atomic mass is 10.1. The zero-order valence-electron chi connectivity index (χ0n) is 23.8. The summed E-state index contributed by atoms with van der Waals surface area (Å²) in [5, 5.41) is 3.54. The Hall–Kier alpha value is -0.570. The molecule has 0 aromatic rings. The van der Waals surface area contributed by atoms with Gasteiger partial charge < -0.3 is 11.1 Å². The number of nitrogens with one attached hydrogen (secondary N) is 1. The molecule has 0 aliphatic rings. The predicted octanol–water partition coefficient (Wildman–Crippen LogP) is 9.73. The van der Waals surface area contributed by atoms with Crippen molar-refractivity contribution in [3.05, 3.63) is 0 Å². The number of hydrogen-bond donors (Lipinski definition) is 2. The van der Waals surface area contributed by atoms with Gasteiger partial charge in [0.2, 0.25) is 0 Å². The van der Waals surface area contributed by atoms with Crippen LogP contribution in [-0.4, -0.2) is 25.5 Å². The van der Waals surface area contributed by atoms with E-state index < -0.39 is 0 Å². The fourth-order valence-corrected chi connectivity index (χ4v) is 4.69. The van der Waals surface area contributed by atoms with Gasteiger partial charge in [-0.1, -0.05) is 155 Å². The molecule has 3 N–H and O–H groups in total. The molecule has 0 atom stereocenters. The number of nitrogens with zero attached hydrogens (tertiary/aromatic N) is 1. The highest BCUT2D eigenvalue weighted by Gasteiger charge is 1.97. The van der Waals surface area contributed by atoms with E-state index in [1.54, 1.807) is 0 Å². The van der Waals surface area contributed by atoms with Crippen LogP contribution < -0.4 is 11.1 Å². The highest BCUT2D eigenvalue weighted by Crippen LogP contribution is 2.13. The molecule has 34 heavy (non-hydrogen) atoms. The molecule has 0 rings (SSSR count). The first-order chi connectivity index (χ1) is 16.8. The molecule has 0 fully saturated rings. The Balaban J connectivity index is 3.21. The number of hydrogen-bond acceptors (Lipinski definition) is 2. The van der Waals surface area contributed by atoms with Gasteiger partial charge in [-0.15, -0.1) is 0 Å². The van der Waals surface area contributed by atoms with Gasteiger partial charge in [0.05, 0.1) is 5.84 Å². The molecule has 0 aromatic carbocycles. The van der Waals surface area contributed by atoms with Crippen LogP contribution in [0.2, 0.25) is 0 Å². The summed E-state index contributed by atoms with van der Waals surface area (Å²) < 4.78 is 0. The van der Waals surface area contributed by atoms with Crippen LogP contribution in [0, 0.1) is 0 Å². The van der Waals surface area contributed by atoms with Gasteiger partial charge in [-0.25, -0.2) is 0 Å². The summed E-state index contributed by atoms with van der Waals surface area (Å²) in [6.45, 7) is 7.61. The summed E-state index contributed by atoms with van der Waals surface area (Å²) in [5.74, 6) is 0.838. The van der Waals surface area contributed by atoms with Crippen molar-refractivity contribution in [1.29, 1.82) is 0 Å². The van der Waals surface area contributed by atoms with Crippen molar-refractivity contribution >= 4 is 5.84 Å². The van der Waals surface area contributed by atoms with Crippen LogP contribution in [0.15, 0.2) is 4.99 Å². The quantitative estimate of drug-likeness (QED) is 0.0637. The topological polar surface area (TPSA) is 50.4 Å². The van der Waals surface area contributed by atoms with Crippen LogP contribution in [0.1, 0.15) is 174 Å². The Bertz CT molecular complexity index is 394. The van der Waals surface area contributed by atoms with E-state index in [0.29, 0.717) is 0 Å². The number of aliphatic imine (C=N–C) groups is 1. The summed E-state index contributed by atoms with van der Waals surface area (Å²) in [4.78, 5) is 4.56. The zero-order chi connectivity index (χ0) is 24.8. The first-order valence-corrected chi connectivity index (χ1v) is 15.8. The molecule has 204 valence electrons. The van der Waals surface area contributed by atoms with E-state index in [9.17, 15) is 0 Å². The normalized spacial score (nSPS) is 12.0. The third kappa shape index (κ3) is 29.5. The molecule has 0 saturated carbocycles. The third-order valence-corrected chi connectivity index (χ3v) is 7.09. The average molecular weight is 480 g/mol. The Morgan fingerprint density at radius 3 is 1.24 bits per heavy atom. The first kappa shape index (κ1) is 33.4.